The standard InChI is InChI=1S/C15H27NO3/c1-19-15(18)8-5-9-16-11-13(17)10-14(16)12-6-3-2-4-7-12/h12-14,17H,2-11H2,1H3/t13-,14+/m0/s1. The van der Waals surface area contributed by atoms with Crippen LogP contribution >= 0.6 is 0 Å². The molecule has 1 aliphatic carbocycles. The molecule has 19 heavy (non-hydrogen) atoms. The maximum Gasteiger partial charge on any atom is 0.305 e. The quantitative estimate of drug-likeness (QED) is 0.775. The van der Waals surface area contributed by atoms with Crippen LogP contribution in [-0.4, -0.2) is 48.3 Å². The van der Waals surface area contributed by atoms with Crippen LogP contribution in [0.4, 0.5) is 0 Å². The average Bonchev–Trinajstić information content (AvgIpc) is 2.80. The van der Waals surface area contributed by atoms with Crippen LogP contribution in [0.5, 0.6) is 0 Å². The number of methoxy groups -OCH3 is 1. The molecule has 1 N–H and O–H groups in total. The lowest BCUT2D eigenvalue weighted by Crippen LogP contribution is -2.37. The Morgan fingerprint density at radius 1 is 1.32 bits per heavy atom. The number of hydrogen-bond donors (Lipinski definition) is 1. The number of aliphatic hydroxyl groups excluding tert-OH is 1. The third-order valence-corrected chi connectivity index (χ3v) is 4.68. The second kappa shape index (κ2) is 7.25. The van der Waals surface area contributed by atoms with Crippen molar-refractivity contribution >= 4 is 5.97 Å². The minimum atomic E-state index is -0.176. The summed E-state index contributed by atoms with van der Waals surface area (Å²) in [5.41, 5.74) is 0. The van der Waals surface area contributed by atoms with Gasteiger partial charge in [0.1, 0.15) is 0 Å². The molecule has 110 valence electrons. The van der Waals surface area contributed by atoms with Gasteiger partial charge in [-0.25, -0.2) is 0 Å². The molecule has 1 saturated heterocycles. The molecule has 0 aromatic heterocycles. The third kappa shape index (κ3) is 4.18. The number of likely N-dealkylation sites (tertiary alicyclic amines) is 1. The van der Waals surface area contributed by atoms with E-state index in [-0.39, 0.29) is 12.1 Å². The smallest absolute Gasteiger partial charge is 0.305 e. The fourth-order valence-electron chi connectivity index (χ4n) is 3.70. The number of ether oxygens (including phenoxy) is 1. The van der Waals surface area contributed by atoms with Crippen LogP contribution in [0.15, 0.2) is 0 Å². The molecule has 0 unspecified atom stereocenters. The van der Waals surface area contributed by atoms with Gasteiger partial charge in [0, 0.05) is 19.0 Å². The van der Waals surface area contributed by atoms with Crippen molar-refractivity contribution in [3.63, 3.8) is 0 Å². The van der Waals surface area contributed by atoms with E-state index in [1.54, 1.807) is 0 Å². The Morgan fingerprint density at radius 3 is 2.74 bits per heavy atom. The van der Waals surface area contributed by atoms with Crippen molar-refractivity contribution in [1.82, 2.24) is 4.90 Å². The van der Waals surface area contributed by atoms with E-state index in [4.69, 9.17) is 0 Å². The summed E-state index contributed by atoms with van der Waals surface area (Å²) < 4.78 is 4.67. The van der Waals surface area contributed by atoms with E-state index in [0.717, 1.165) is 31.8 Å². The predicted molar refractivity (Wildman–Crippen MR) is 73.8 cm³/mol. The Hall–Kier alpha value is -0.610. The topological polar surface area (TPSA) is 49.8 Å². The predicted octanol–water partition coefficient (Wildman–Crippen LogP) is 1.96. The van der Waals surface area contributed by atoms with E-state index in [9.17, 15) is 9.90 Å². The molecule has 0 aromatic carbocycles. The first kappa shape index (κ1) is 14.8. The van der Waals surface area contributed by atoms with Gasteiger partial charge in [-0.15, -0.1) is 0 Å². The Kier molecular flexibility index (Phi) is 5.64. The Bertz CT molecular complexity index is 289. The van der Waals surface area contributed by atoms with Crippen molar-refractivity contribution in [2.24, 2.45) is 5.92 Å². The lowest BCUT2D eigenvalue weighted by Gasteiger charge is -2.33. The van der Waals surface area contributed by atoms with Crippen molar-refractivity contribution in [2.75, 3.05) is 20.2 Å². The van der Waals surface area contributed by atoms with Crippen LogP contribution in [0, 0.1) is 5.92 Å². The van der Waals surface area contributed by atoms with Crippen molar-refractivity contribution in [3.8, 4) is 0 Å². The normalized spacial score (nSPS) is 29.6. The zero-order valence-corrected chi connectivity index (χ0v) is 12.0. The molecule has 0 bridgehead atoms. The molecule has 1 saturated carbocycles. The van der Waals surface area contributed by atoms with Crippen molar-refractivity contribution < 1.29 is 14.6 Å². The van der Waals surface area contributed by atoms with Crippen LogP contribution in [0.1, 0.15) is 51.4 Å². The molecule has 2 rings (SSSR count). The number of β-amino-alcohol motifs (C(OH)–C–C–N with tert-alkyl or cyclic N) is 1. The van der Waals surface area contributed by atoms with Crippen molar-refractivity contribution in [2.45, 2.75) is 63.5 Å². The highest BCUT2D eigenvalue weighted by Crippen LogP contribution is 2.34. The summed E-state index contributed by atoms with van der Waals surface area (Å²) in [6, 6.07) is 0.535. The van der Waals surface area contributed by atoms with Gasteiger partial charge in [0.25, 0.3) is 0 Å². The maximum absolute atomic E-state index is 11.1. The van der Waals surface area contributed by atoms with Crippen molar-refractivity contribution in [3.05, 3.63) is 0 Å². The highest BCUT2D eigenvalue weighted by molar-refractivity contribution is 5.69. The summed E-state index contributed by atoms with van der Waals surface area (Å²) in [4.78, 5) is 13.5. The SMILES string of the molecule is COC(=O)CCCN1C[C@@H](O)C[C@@H]1C1CCCCC1. The summed E-state index contributed by atoms with van der Waals surface area (Å²) in [6.45, 7) is 1.69. The summed E-state index contributed by atoms with van der Waals surface area (Å²) >= 11 is 0. The molecule has 1 aliphatic heterocycles. The summed E-state index contributed by atoms with van der Waals surface area (Å²) in [6.07, 6.45) is 8.74. The molecule has 4 nitrogen and oxygen atoms in total. The molecular weight excluding hydrogens is 242 g/mol. The summed E-state index contributed by atoms with van der Waals surface area (Å²) in [5.74, 6) is 0.623. The van der Waals surface area contributed by atoms with E-state index in [2.05, 4.69) is 9.64 Å². The fourth-order valence-corrected chi connectivity index (χ4v) is 3.70. The molecule has 0 radical (unpaired) electrons. The van der Waals surface area contributed by atoms with Crippen molar-refractivity contribution in [1.29, 1.82) is 0 Å². The third-order valence-electron chi connectivity index (χ3n) is 4.68. The molecule has 1 heterocycles. The first-order chi connectivity index (χ1) is 9.20. The number of carbonyl (C=O) groups excluding carboxylic acids is 1. The minimum absolute atomic E-state index is 0.131. The Balaban J connectivity index is 1.81. The first-order valence-corrected chi connectivity index (χ1v) is 7.69. The molecule has 0 aromatic rings. The highest BCUT2D eigenvalue weighted by Gasteiger charge is 2.36. The number of rotatable bonds is 5. The van der Waals surface area contributed by atoms with Crippen LogP contribution in [-0.2, 0) is 9.53 Å². The number of aliphatic hydroxyl groups is 1. The second-order valence-corrected chi connectivity index (χ2v) is 6.03. The molecule has 2 fully saturated rings. The van der Waals surface area contributed by atoms with Gasteiger partial charge in [0.2, 0.25) is 0 Å². The summed E-state index contributed by atoms with van der Waals surface area (Å²) in [5, 5.41) is 9.92. The largest absolute Gasteiger partial charge is 0.469 e. The zero-order chi connectivity index (χ0) is 13.7. The van der Waals surface area contributed by atoms with Gasteiger partial charge in [-0.3, -0.25) is 9.69 Å². The fraction of sp³-hybridized carbons (Fsp3) is 0.933. The van der Waals surface area contributed by atoms with Gasteiger partial charge >= 0.3 is 5.97 Å². The van der Waals surface area contributed by atoms with Crippen LogP contribution in [0.2, 0.25) is 0 Å². The van der Waals surface area contributed by atoms with Gasteiger partial charge in [-0.05, 0) is 38.1 Å². The van der Waals surface area contributed by atoms with Crippen LogP contribution in [0.25, 0.3) is 0 Å². The van der Waals surface area contributed by atoms with Gasteiger partial charge < -0.3 is 9.84 Å². The average molecular weight is 269 g/mol. The zero-order valence-electron chi connectivity index (χ0n) is 12.0. The number of esters is 1. The molecular formula is C15H27NO3. The van der Waals surface area contributed by atoms with E-state index in [1.807, 2.05) is 0 Å². The van der Waals surface area contributed by atoms with Crippen LogP contribution < -0.4 is 0 Å². The lowest BCUT2D eigenvalue weighted by molar-refractivity contribution is -0.140. The molecule has 2 atom stereocenters. The van der Waals surface area contributed by atoms with E-state index >= 15 is 0 Å². The lowest BCUT2D eigenvalue weighted by atomic mass is 9.82. The molecule has 4 heteroatoms. The minimum Gasteiger partial charge on any atom is -0.469 e. The van der Waals surface area contributed by atoms with Gasteiger partial charge in [-0.2, -0.15) is 0 Å². The number of nitrogens with zero attached hydrogens (tertiary/aromatic N) is 1. The number of hydrogen-bond acceptors (Lipinski definition) is 4. The first-order valence-electron chi connectivity index (χ1n) is 7.69. The molecule has 0 amide bonds. The molecule has 0 spiro atoms. The van der Waals surface area contributed by atoms with Gasteiger partial charge in [0.05, 0.1) is 13.2 Å². The van der Waals surface area contributed by atoms with Crippen LogP contribution in [0.3, 0.4) is 0 Å². The van der Waals surface area contributed by atoms with E-state index in [0.29, 0.717) is 12.5 Å². The highest BCUT2D eigenvalue weighted by atomic mass is 16.5. The van der Waals surface area contributed by atoms with Gasteiger partial charge in [0.15, 0.2) is 0 Å². The Morgan fingerprint density at radius 2 is 2.05 bits per heavy atom. The second-order valence-electron chi connectivity index (χ2n) is 6.03. The maximum atomic E-state index is 11.1. The summed E-state index contributed by atoms with van der Waals surface area (Å²) in [7, 11) is 1.44. The monoisotopic (exact) mass is 269 g/mol. The van der Waals surface area contributed by atoms with E-state index in [1.165, 1.54) is 39.2 Å². The number of carbonyl (C=O) groups is 1. The van der Waals surface area contributed by atoms with Gasteiger partial charge in [-0.1, -0.05) is 19.3 Å². The Labute approximate surface area is 116 Å². The van der Waals surface area contributed by atoms with E-state index < -0.39 is 0 Å². The molecule has 2 aliphatic rings.